The van der Waals surface area contributed by atoms with Crippen LogP contribution in [0.4, 0.5) is 10.5 Å². The van der Waals surface area contributed by atoms with Crippen LogP contribution in [-0.4, -0.2) is 48.9 Å². The van der Waals surface area contributed by atoms with Gasteiger partial charge in [0.2, 0.25) is 15.9 Å². The number of ether oxygens (including phenoxy) is 2. The Kier molecular flexibility index (Phi) is 6.44. The summed E-state index contributed by atoms with van der Waals surface area (Å²) >= 11 is 1.13. The number of thioether (sulfide) groups is 1. The molecule has 0 saturated heterocycles. The largest absolute Gasteiger partial charge is 0.486 e. The number of imide groups is 1. The number of benzene rings is 2. The highest BCUT2D eigenvalue weighted by Gasteiger charge is 2.17. The number of sulfonamides is 1. The van der Waals surface area contributed by atoms with Gasteiger partial charge in [0.1, 0.15) is 13.2 Å². The van der Waals surface area contributed by atoms with Crippen LogP contribution in [0.3, 0.4) is 0 Å². The molecule has 0 unspecified atom stereocenters. The van der Waals surface area contributed by atoms with Crippen molar-refractivity contribution in [2.45, 2.75) is 23.5 Å². The number of nitrogens with one attached hydrogen (secondary N) is 2. The Morgan fingerprint density at radius 3 is 2.64 bits per heavy atom. The standard InChI is InChI=1S/C20H21N5O6S2/c1-2-25-15-5-4-13(33(21,28)29)10-14(15)23-20(25)32-11-18(26)24-19(27)22-12-3-6-16-17(9-12)31-8-7-30-16/h3-6,9-10H,2,7-8,11H2,1H3,(H2,21,28,29)(H2,22,24,26,27). The molecule has 3 aromatic rings. The van der Waals surface area contributed by atoms with E-state index in [1.165, 1.54) is 12.1 Å². The van der Waals surface area contributed by atoms with Crippen molar-refractivity contribution < 1.29 is 27.5 Å². The molecule has 3 amide bonds. The number of urea groups is 1. The van der Waals surface area contributed by atoms with Crippen LogP contribution >= 0.6 is 11.8 Å². The van der Waals surface area contributed by atoms with Crippen LogP contribution in [0.5, 0.6) is 11.5 Å². The number of carbonyl (C=O) groups excluding carboxylic acids is 2. The first-order valence-corrected chi connectivity index (χ1v) is 12.4. The number of hydrogen-bond donors (Lipinski definition) is 3. The SMILES string of the molecule is CCn1c(SCC(=O)NC(=O)Nc2ccc3c(c2)OCCO3)nc2cc(S(N)(=O)=O)ccc21. The van der Waals surface area contributed by atoms with Crippen LogP contribution in [0.1, 0.15) is 6.92 Å². The Balaban J connectivity index is 1.38. The Morgan fingerprint density at radius 1 is 1.15 bits per heavy atom. The molecule has 4 rings (SSSR count). The number of nitrogens with zero attached hydrogens (tertiary/aromatic N) is 2. The summed E-state index contributed by atoms with van der Waals surface area (Å²) in [5, 5.41) is 10.5. The Hall–Kier alpha value is -3.29. The number of fused-ring (bicyclic) bond motifs is 2. The fraction of sp³-hybridized carbons (Fsp3) is 0.250. The first kappa shape index (κ1) is 22.9. The van der Waals surface area contributed by atoms with Gasteiger partial charge in [-0.2, -0.15) is 0 Å². The van der Waals surface area contributed by atoms with Crippen LogP contribution in [0, 0.1) is 0 Å². The number of carbonyl (C=O) groups is 2. The second kappa shape index (κ2) is 9.29. The summed E-state index contributed by atoms with van der Waals surface area (Å²) < 4.78 is 35.9. The monoisotopic (exact) mass is 491 g/mol. The Bertz CT molecular complexity index is 1340. The lowest BCUT2D eigenvalue weighted by molar-refractivity contribution is -0.117. The molecule has 0 aliphatic carbocycles. The maximum Gasteiger partial charge on any atom is 0.325 e. The van der Waals surface area contributed by atoms with Crippen molar-refractivity contribution in [3.8, 4) is 11.5 Å². The zero-order valence-electron chi connectivity index (χ0n) is 17.5. The first-order valence-electron chi connectivity index (χ1n) is 9.91. The zero-order chi connectivity index (χ0) is 23.6. The quantitative estimate of drug-likeness (QED) is 0.442. The highest BCUT2D eigenvalue weighted by Crippen LogP contribution is 2.32. The van der Waals surface area contributed by atoms with E-state index in [1.807, 2.05) is 11.5 Å². The van der Waals surface area contributed by atoms with Gasteiger partial charge < -0.3 is 19.4 Å². The van der Waals surface area contributed by atoms with Crippen molar-refractivity contribution in [2.75, 3.05) is 24.3 Å². The molecular weight excluding hydrogens is 470 g/mol. The van der Waals surface area contributed by atoms with Crippen LogP contribution < -0.4 is 25.2 Å². The van der Waals surface area contributed by atoms with Gasteiger partial charge in [0.15, 0.2) is 16.7 Å². The van der Waals surface area contributed by atoms with E-state index in [0.29, 0.717) is 53.1 Å². The number of rotatable bonds is 6. The minimum absolute atomic E-state index is 0.0409. The summed E-state index contributed by atoms with van der Waals surface area (Å²) in [5.74, 6) is 0.523. The first-order chi connectivity index (χ1) is 15.7. The molecule has 0 atom stereocenters. The third kappa shape index (κ3) is 5.21. The minimum Gasteiger partial charge on any atom is -0.486 e. The lowest BCUT2D eigenvalue weighted by atomic mass is 10.2. The molecule has 33 heavy (non-hydrogen) atoms. The van der Waals surface area contributed by atoms with Crippen molar-refractivity contribution >= 4 is 50.4 Å². The van der Waals surface area contributed by atoms with Gasteiger partial charge in [-0.15, -0.1) is 0 Å². The molecule has 1 aliphatic heterocycles. The van der Waals surface area contributed by atoms with Crippen molar-refractivity contribution in [3.63, 3.8) is 0 Å². The number of anilines is 1. The molecule has 1 aliphatic rings. The van der Waals surface area contributed by atoms with E-state index in [2.05, 4.69) is 15.6 Å². The van der Waals surface area contributed by atoms with Crippen LogP contribution in [-0.2, 0) is 21.4 Å². The molecule has 0 spiro atoms. The van der Waals surface area contributed by atoms with Gasteiger partial charge in [-0.1, -0.05) is 11.8 Å². The van der Waals surface area contributed by atoms with E-state index in [1.54, 1.807) is 24.3 Å². The average Bonchev–Trinajstić information content (AvgIpc) is 3.13. The molecule has 1 aromatic heterocycles. The molecular formula is C20H21N5O6S2. The van der Waals surface area contributed by atoms with Crippen molar-refractivity contribution in [3.05, 3.63) is 36.4 Å². The maximum atomic E-state index is 12.3. The highest BCUT2D eigenvalue weighted by molar-refractivity contribution is 7.99. The topological polar surface area (TPSA) is 155 Å². The second-order valence-electron chi connectivity index (χ2n) is 6.98. The predicted octanol–water partition coefficient (Wildman–Crippen LogP) is 1.92. The average molecular weight is 492 g/mol. The summed E-state index contributed by atoms with van der Waals surface area (Å²) in [5.41, 5.74) is 1.61. The third-order valence-corrected chi connectivity index (χ3v) is 6.60. The normalized spacial score (nSPS) is 13.0. The fourth-order valence-corrected chi connectivity index (χ4v) is 4.67. The molecule has 2 aromatic carbocycles. The van der Waals surface area contributed by atoms with Crippen LogP contribution in [0.15, 0.2) is 46.5 Å². The van der Waals surface area contributed by atoms with Crippen LogP contribution in [0.2, 0.25) is 0 Å². The van der Waals surface area contributed by atoms with E-state index in [0.717, 1.165) is 11.8 Å². The molecule has 174 valence electrons. The van der Waals surface area contributed by atoms with Gasteiger partial charge in [-0.3, -0.25) is 10.1 Å². The number of nitrogens with two attached hydrogens (primary N) is 1. The highest BCUT2D eigenvalue weighted by atomic mass is 32.2. The Labute approximate surface area is 193 Å². The maximum absolute atomic E-state index is 12.3. The molecule has 0 radical (unpaired) electrons. The molecule has 0 fully saturated rings. The number of aromatic nitrogens is 2. The second-order valence-corrected chi connectivity index (χ2v) is 9.49. The molecule has 11 nitrogen and oxygen atoms in total. The zero-order valence-corrected chi connectivity index (χ0v) is 19.2. The van der Waals surface area contributed by atoms with E-state index < -0.39 is 22.0 Å². The predicted molar refractivity (Wildman–Crippen MR) is 122 cm³/mol. The smallest absolute Gasteiger partial charge is 0.325 e. The summed E-state index contributed by atoms with van der Waals surface area (Å²) in [6, 6.07) is 8.68. The van der Waals surface area contributed by atoms with Crippen molar-refractivity contribution in [2.24, 2.45) is 5.14 Å². The van der Waals surface area contributed by atoms with E-state index in [-0.39, 0.29) is 10.6 Å². The third-order valence-electron chi connectivity index (χ3n) is 4.71. The lowest BCUT2D eigenvalue weighted by Crippen LogP contribution is -2.35. The summed E-state index contributed by atoms with van der Waals surface area (Å²) in [7, 11) is -3.85. The summed E-state index contributed by atoms with van der Waals surface area (Å²) in [4.78, 5) is 28.8. The molecule has 2 heterocycles. The number of aryl methyl sites for hydroxylation is 1. The van der Waals surface area contributed by atoms with Gasteiger partial charge in [0, 0.05) is 18.3 Å². The molecule has 0 bridgehead atoms. The van der Waals surface area contributed by atoms with Gasteiger partial charge in [-0.05, 0) is 37.3 Å². The van der Waals surface area contributed by atoms with Crippen molar-refractivity contribution in [1.29, 1.82) is 0 Å². The van der Waals surface area contributed by atoms with E-state index in [9.17, 15) is 18.0 Å². The lowest BCUT2D eigenvalue weighted by Gasteiger charge is -2.19. The van der Waals surface area contributed by atoms with Gasteiger partial charge in [-0.25, -0.2) is 23.3 Å². The number of hydrogen-bond acceptors (Lipinski definition) is 8. The molecule has 13 heteroatoms. The summed E-state index contributed by atoms with van der Waals surface area (Å²) in [6.45, 7) is 3.34. The fourth-order valence-electron chi connectivity index (χ4n) is 3.26. The number of primary sulfonamides is 1. The summed E-state index contributed by atoms with van der Waals surface area (Å²) in [6.07, 6.45) is 0. The van der Waals surface area contributed by atoms with Gasteiger partial charge in [0.25, 0.3) is 0 Å². The molecule has 4 N–H and O–H groups in total. The molecule has 0 saturated carbocycles. The van der Waals surface area contributed by atoms with Crippen LogP contribution in [0.25, 0.3) is 11.0 Å². The Morgan fingerprint density at radius 2 is 1.91 bits per heavy atom. The minimum atomic E-state index is -3.85. The van der Waals surface area contributed by atoms with Gasteiger partial charge in [0.05, 0.1) is 21.7 Å². The van der Waals surface area contributed by atoms with E-state index in [4.69, 9.17) is 14.6 Å². The number of amides is 3. The van der Waals surface area contributed by atoms with Crippen molar-refractivity contribution in [1.82, 2.24) is 14.9 Å². The van der Waals surface area contributed by atoms with E-state index >= 15 is 0 Å². The van der Waals surface area contributed by atoms with Gasteiger partial charge >= 0.3 is 6.03 Å². The number of imidazole rings is 1.